The van der Waals surface area contributed by atoms with Gasteiger partial charge in [0.1, 0.15) is 0 Å². The topological polar surface area (TPSA) is 39.6 Å². The minimum atomic E-state index is -0.212. The lowest BCUT2D eigenvalue weighted by Crippen LogP contribution is -2.31. The molecule has 0 fully saturated rings. The number of hydrogen-bond acceptors (Lipinski definition) is 1. The van der Waals surface area contributed by atoms with Crippen LogP contribution in [0.15, 0.2) is 42.5 Å². The summed E-state index contributed by atoms with van der Waals surface area (Å²) in [6.07, 6.45) is 4.07. The zero-order valence-corrected chi connectivity index (χ0v) is 14.0. The quantitative estimate of drug-likeness (QED) is 0.710. The zero-order valence-electron chi connectivity index (χ0n) is 14.0. The maximum absolute atomic E-state index is 9.94. The highest BCUT2D eigenvalue weighted by Gasteiger charge is 2.50. The molecule has 0 radical (unpaired) electrons. The third-order valence-electron chi connectivity index (χ3n) is 6.19. The Bertz CT molecular complexity index is 904. The van der Waals surface area contributed by atoms with Crippen molar-refractivity contribution in [3.05, 3.63) is 53.8 Å². The summed E-state index contributed by atoms with van der Waals surface area (Å²) in [4.78, 5) is 3.64. The summed E-state index contributed by atoms with van der Waals surface area (Å²) in [7, 11) is 0. The molecule has 23 heavy (non-hydrogen) atoms. The number of nitrogens with zero attached hydrogens (tertiary/aromatic N) is 1. The van der Waals surface area contributed by atoms with E-state index in [1.54, 1.807) is 0 Å². The standard InChI is InChI=1S/C21H22N2/c1-5-21(4)11-10-14-18(15(21)12-22)17-13-8-6-7-9-16(13)23-19(17)20(14,2)3/h5-9,14,23H,1,10-11H2,2-4H3. The minimum Gasteiger partial charge on any atom is -0.357 e. The largest absolute Gasteiger partial charge is 0.357 e. The van der Waals surface area contributed by atoms with Crippen LogP contribution in [0.25, 0.3) is 16.5 Å². The lowest BCUT2D eigenvalue weighted by atomic mass is 9.64. The van der Waals surface area contributed by atoms with Crippen LogP contribution in [0, 0.1) is 22.7 Å². The molecule has 1 aromatic carbocycles. The van der Waals surface area contributed by atoms with Crippen LogP contribution in [0.4, 0.5) is 0 Å². The maximum atomic E-state index is 9.94. The Kier molecular flexibility index (Phi) is 2.73. The molecule has 2 atom stereocenters. The fourth-order valence-corrected chi connectivity index (χ4v) is 4.69. The molecule has 2 heteroatoms. The number of fused-ring (bicyclic) bond motifs is 5. The molecule has 1 N–H and O–H groups in total. The lowest BCUT2D eigenvalue weighted by Gasteiger charge is -2.39. The van der Waals surface area contributed by atoms with Crippen molar-refractivity contribution in [2.45, 2.75) is 39.0 Å². The van der Waals surface area contributed by atoms with Gasteiger partial charge in [0.15, 0.2) is 0 Å². The average molecular weight is 302 g/mol. The Balaban J connectivity index is 2.15. The molecule has 2 aromatic rings. The van der Waals surface area contributed by atoms with Crippen molar-refractivity contribution in [1.29, 1.82) is 5.26 Å². The first-order chi connectivity index (χ1) is 10.9. The third-order valence-corrected chi connectivity index (χ3v) is 6.19. The molecular weight excluding hydrogens is 280 g/mol. The smallest absolute Gasteiger partial charge is 0.0959 e. The van der Waals surface area contributed by atoms with Gasteiger partial charge in [-0.1, -0.05) is 45.0 Å². The number of aromatic nitrogens is 1. The van der Waals surface area contributed by atoms with Gasteiger partial charge in [-0.15, -0.1) is 6.58 Å². The van der Waals surface area contributed by atoms with Crippen LogP contribution in [0.3, 0.4) is 0 Å². The molecule has 1 heterocycles. The van der Waals surface area contributed by atoms with E-state index in [1.807, 2.05) is 6.08 Å². The molecule has 116 valence electrons. The molecule has 1 aromatic heterocycles. The second-order valence-corrected chi connectivity index (χ2v) is 7.76. The molecule has 0 amide bonds. The predicted octanol–water partition coefficient (Wildman–Crippen LogP) is 5.34. The summed E-state index contributed by atoms with van der Waals surface area (Å²) in [5.74, 6) is 0.413. The van der Waals surface area contributed by atoms with Crippen LogP contribution in [0.5, 0.6) is 0 Å². The van der Waals surface area contributed by atoms with E-state index in [0.29, 0.717) is 5.92 Å². The number of H-pyrrole nitrogens is 1. The van der Waals surface area contributed by atoms with E-state index >= 15 is 0 Å². The number of nitrogens with one attached hydrogen (secondary N) is 1. The first-order valence-electron chi connectivity index (χ1n) is 8.34. The van der Waals surface area contributed by atoms with Gasteiger partial charge in [-0.05, 0) is 30.4 Å². The van der Waals surface area contributed by atoms with Gasteiger partial charge in [-0.3, -0.25) is 0 Å². The zero-order chi connectivity index (χ0) is 16.4. The number of nitriles is 1. The van der Waals surface area contributed by atoms with Crippen molar-refractivity contribution >= 4 is 16.5 Å². The summed E-state index contributed by atoms with van der Waals surface area (Å²) in [6, 6.07) is 11.0. The van der Waals surface area contributed by atoms with E-state index in [4.69, 9.17) is 0 Å². The van der Waals surface area contributed by atoms with Gasteiger partial charge in [-0.2, -0.15) is 5.26 Å². The summed E-state index contributed by atoms with van der Waals surface area (Å²) in [5.41, 5.74) is 5.74. The molecule has 0 aliphatic heterocycles. The van der Waals surface area contributed by atoms with Crippen LogP contribution < -0.4 is 0 Å². The summed E-state index contributed by atoms with van der Waals surface area (Å²) in [5, 5.41) is 11.2. The maximum Gasteiger partial charge on any atom is 0.0959 e. The Hall–Kier alpha value is -2.27. The van der Waals surface area contributed by atoms with E-state index in [9.17, 15) is 5.26 Å². The minimum absolute atomic E-state index is 0.0360. The second-order valence-electron chi connectivity index (χ2n) is 7.76. The van der Waals surface area contributed by atoms with Crippen LogP contribution >= 0.6 is 0 Å². The number of aromatic amines is 1. The van der Waals surface area contributed by atoms with Gasteiger partial charge < -0.3 is 4.98 Å². The average Bonchev–Trinajstić information content (AvgIpc) is 3.02. The second kappa shape index (κ2) is 4.38. The molecule has 4 rings (SSSR count). The van der Waals surface area contributed by atoms with E-state index < -0.39 is 0 Å². The fourth-order valence-electron chi connectivity index (χ4n) is 4.69. The molecular formula is C21H22N2. The normalized spacial score (nSPS) is 28.3. The highest BCUT2D eigenvalue weighted by atomic mass is 14.8. The Morgan fingerprint density at radius 3 is 2.74 bits per heavy atom. The molecule has 0 saturated carbocycles. The Morgan fingerprint density at radius 1 is 1.30 bits per heavy atom. The van der Waals surface area contributed by atoms with Crippen LogP contribution in [-0.4, -0.2) is 4.98 Å². The molecule has 0 bridgehead atoms. The highest BCUT2D eigenvalue weighted by Crippen LogP contribution is 2.60. The molecule has 2 nitrogen and oxygen atoms in total. The molecule has 2 aliphatic carbocycles. The number of hydrogen-bond donors (Lipinski definition) is 1. The van der Waals surface area contributed by atoms with Crippen molar-refractivity contribution in [2.24, 2.45) is 11.3 Å². The summed E-state index contributed by atoms with van der Waals surface area (Å²) in [6.45, 7) is 10.8. The Morgan fingerprint density at radius 2 is 2.04 bits per heavy atom. The summed E-state index contributed by atoms with van der Waals surface area (Å²) >= 11 is 0. The van der Waals surface area contributed by atoms with E-state index in [-0.39, 0.29) is 10.8 Å². The lowest BCUT2D eigenvalue weighted by molar-refractivity contribution is 0.315. The van der Waals surface area contributed by atoms with Gasteiger partial charge >= 0.3 is 0 Å². The number of benzene rings is 1. The monoisotopic (exact) mass is 302 g/mol. The van der Waals surface area contributed by atoms with Crippen molar-refractivity contribution in [3.8, 4) is 6.07 Å². The summed E-state index contributed by atoms with van der Waals surface area (Å²) < 4.78 is 0. The van der Waals surface area contributed by atoms with Crippen LogP contribution in [-0.2, 0) is 5.41 Å². The van der Waals surface area contributed by atoms with E-state index in [2.05, 4.69) is 62.7 Å². The van der Waals surface area contributed by atoms with E-state index in [0.717, 1.165) is 18.4 Å². The van der Waals surface area contributed by atoms with Gasteiger partial charge in [-0.25, -0.2) is 0 Å². The van der Waals surface area contributed by atoms with Crippen molar-refractivity contribution < 1.29 is 0 Å². The van der Waals surface area contributed by atoms with Gasteiger partial charge in [0.2, 0.25) is 0 Å². The van der Waals surface area contributed by atoms with Crippen molar-refractivity contribution in [2.75, 3.05) is 0 Å². The van der Waals surface area contributed by atoms with Gasteiger partial charge in [0.05, 0.1) is 6.07 Å². The number of para-hydroxylation sites is 1. The fraction of sp³-hybridized carbons (Fsp3) is 0.381. The molecule has 2 aliphatic rings. The molecule has 2 unspecified atom stereocenters. The van der Waals surface area contributed by atoms with Crippen molar-refractivity contribution in [1.82, 2.24) is 4.98 Å². The number of rotatable bonds is 1. The first kappa shape index (κ1) is 14.3. The number of allylic oxidation sites excluding steroid dienone is 3. The highest BCUT2D eigenvalue weighted by molar-refractivity contribution is 5.99. The van der Waals surface area contributed by atoms with Crippen LogP contribution in [0.2, 0.25) is 0 Å². The molecule has 0 saturated heterocycles. The third kappa shape index (κ3) is 1.63. The SMILES string of the molecule is C=CC1(C)CCC2C(=C1C#N)c1c([nH]c3ccccc13)C2(C)C. The predicted molar refractivity (Wildman–Crippen MR) is 94.9 cm³/mol. The molecule has 0 spiro atoms. The first-order valence-corrected chi connectivity index (χ1v) is 8.34. The van der Waals surface area contributed by atoms with E-state index in [1.165, 1.54) is 27.7 Å². The van der Waals surface area contributed by atoms with Crippen molar-refractivity contribution in [3.63, 3.8) is 0 Å². The van der Waals surface area contributed by atoms with Gasteiger partial charge in [0.25, 0.3) is 0 Å². The van der Waals surface area contributed by atoms with Crippen LogP contribution in [0.1, 0.15) is 44.9 Å². The van der Waals surface area contributed by atoms with Gasteiger partial charge in [0, 0.05) is 38.6 Å². The Labute approximate surface area is 137 Å².